The number of H-pyrrole nitrogens is 1. The largest absolute Gasteiger partial charge is 0.496 e. The molecule has 0 aliphatic heterocycles. The van der Waals surface area contributed by atoms with Crippen LogP contribution in [0.5, 0.6) is 5.75 Å². The van der Waals surface area contributed by atoms with Crippen LogP contribution < -0.4 is 4.74 Å². The van der Waals surface area contributed by atoms with Gasteiger partial charge in [0.25, 0.3) is 0 Å². The van der Waals surface area contributed by atoms with Crippen molar-refractivity contribution in [3.05, 3.63) is 88.4 Å². The summed E-state index contributed by atoms with van der Waals surface area (Å²) in [5, 5.41) is 3.74. The van der Waals surface area contributed by atoms with E-state index in [1.807, 2.05) is 60.7 Å². The third-order valence-electron chi connectivity index (χ3n) is 5.16. The Morgan fingerprint density at radius 2 is 1.87 bits per heavy atom. The summed E-state index contributed by atoms with van der Waals surface area (Å²) in [7, 11) is 1.67. The Hall–Kier alpha value is -3.42. The van der Waals surface area contributed by atoms with E-state index in [1.165, 1.54) is 0 Å². The zero-order chi connectivity index (χ0) is 21.4. The number of fused-ring (bicyclic) bond motifs is 1. The summed E-state index contributed by atoms with van der Waals surface area (Å²) in [6.07, 6.45) is 1.58. The van der Waals surface area contributed by atoms with Crippen LogP contribution in [0.2, 0.25) is 5.02 Å². The quantitative estimate of drug-likeness (QED) is 0.353. The van der Waals surface area contributed by atoms with Crippen molar-refractivity contribution < 1.29 is 4.74 Å². The monoisotopic (exact) mass is 447 g/mol. The molecule has 2 aromatic heterocycles. The van der Waals surface area contributed by atoms with Crippen molar-refractivity contribution in [3.63, 3.8) is 0 Å². The zero-order valence-corrected chi connectivity index (χ0v) is 18.2. The number of para-hydroxylation sites is 2. The molecule has 0 atom stereocenters. The second kappa shape index (κ2) is 8.02. The van der Waals surface area contributed by atoms with Gasteiger partial charge in [0, 0.05) is 16.1 Å². The third kappa shape index (κ3) is 3.62. The van der Waals surface area contributed by atoms with Crippen molar-refractivity contribution in [2.75, 3.05) is 7.11 Å². The molecule has 0 unspecified atom stereocenters. The third-order valence-corrected chi connectivity index (χ3v) is 5.70. The van der Waals surface area contributed by atoms with Crippen molar-refractivity contribution in [3.8, 4) is 22.8 Å². The van der Waals surface area contributed by atoms with Gasteiger partial charge in [-0.05, 0) is 66.8 Å². The van der Waals surface area contributed by atoms with Gasteiger partial charge in [-0.3, -0.25) is 5.10 Å². The molecule has 154 valence electrons. The molecule has 0 amide bonds. The molecule has 0 saturated carbocycles. The first kappa shape index (κ1) is 19.5. The fraction of sp³-hybridized carbons (Fsp3) is 0.0870. The molecule has 2 heterocycles. The average Bonchev–Trinajstić information content (AvgIpc) is 3.38. The van der Waals surface area contributed by atoms with E-state index in [0.717, 1.165) is 39.4 Å². The van der Waals surface area contributed by atoms with E-state index in [-0.39, 0.29) is 0 Å². The fourth-order valence-corrected chi connectivity index (χ4v) is 4.03. The predicted molar refractivity (Wildman–Crippen MR) is 125 cm³/mol. The van der Waals surface area contributed by atoms with Crippen LogP contribution in [0.15, 0.2) is 73.1 Å². The van der Waals surface area contributed by atoms with Gasteiger partial charge in [0.1, 0.15) is 17.9 Å². The Morgan fingerprint density at radius 1 is 1.06 bits per heavy atom. The number of nitrogens with one attached hydrogen (secondary N) is 1. The first-order valence-corrected chi connectivity index (χ1v) is 10.4. The molecule has 0 bridgehead atoms. The van der Waals surface area contributed by atoms with Crippen molar-refractivity contribution in [2.45, 2.75) is 6.54 Å². The van der Waals surface area contributed by atoms with Crippen LogP contribution in [0.4, 0.5) is 0 Å². The number of rotatable bonds is 5. The van der Waals surface area contributed by atoms with Crippen molar-refractivity contribution in [1.82, 2.24) is 24.3 Å². The highest BCUT2D eigenvalue weighted by atomic mass is 35.5. The molecule has 5 aromatic rings. The maximum atomic E-state index is 6.10. The number of aromatic amines is 1. The van der Waals surface area contributed by atoms with Gasteiger partial charge in [-0.15, -0.1) is 0 Å². The minimum atomic E-state index is 0.464. The molecular weight excluding hydrogens is 430 g/mol. The molecular formula is C23H18ClN5OS. The molecule has 0 radical (unpaired) electrons. The Morgan fingerprint density at radius 3 is 2.61 bits per heavy atom. The number of halogens is 1. The molecule has 8 heteroatoms. The van der Waals surface area contributed by atoms with E-state index in [0.29, 0.717) is 16.3 Å². The number of methoxy groups -OCH3 is 1. The number of aromatic nitrogens is 5. The second-order valence-corrected chi connectivity index (χ2v) is 7.82. The van der Waals surface area contributed by atoms with Gasteiger partial charge in [-0.25, -0.2) is 14.6 Å². The predicted octanol–water partition coefficient (Wildman–Crippen LogP) is 5.66. The van der Waals surface area contributed by atoms with Crippen LogP contribution in [-0.4, -0.2) is 31.4 Å². The Balaban J connectivity index is 1.67. The van der Waals surface area contributed by atoms with Crippen molar-refractivity contribution in [1.29, 1.82) is 0 Å². The van der Waals surface area contributed by atoms with Crippen LogP contribution in [0.1, 0.15) is 5.56 Å². The summed E-state index contributed by atoms with van der Waals surface area (Å²) >= 11 is 11.4. The van der Waals surface area contributed by atoms with Crippen LogP contribution in [-0.2, 0) is 6.54 Å². The molecule has 0 aliphatic rings. The van der Waals surface area contributed by atoms with Crippen molar-refractivity contribution >= 4 is 34.9 Å². The minimum absolute atomic E-state index is 0.464. The van der Waals surface area contributed by atoms with Crippen LogP contribution in [0.25, 0.3) is 28.1 Å². The van der Waals surface area contributed by atoms with E-state index >= 15 is 0 Å². The SMILES string of the molecule is COc1ccc(-n2[nH]cnc2=S)cc1Cn1c(-c2ccc(Cl)cc2)nc2ccccc21. The van der Waals surface area contributed by atoms with Gasteiger partial charge in [0.2, 0.25) is 4.77 Å². The van der Waals surface area contributed by atoms with Crippen LogP contribution >= 0.6 is 23.8 Å². The average molecular weight is 448 g/mol. The van der Waals surface area contributed by atoms with Gasteiger partial charge >= 0.3 is 0 Å². The van der Waals surface area contributed by atoms with Gasteiger partial charge in [-0.2, -0.15) is 0 Å². The summed E-state index contributed by atoms with van der Waals surface area (Å²) in [5.41, 5.74) is 4.84. The van der Waals surface area contributed by atoms with Gasteiger partial charge in [0.05, 0.1) is 30.4 Å². The summed E-state index contributed by atoms with van der Waals surface area (Å²) in [4.78, 5) is 9.00. The minimum Gasteiger partial charge on any atom is -0.496 e. The molecule has 0 saturated heterocycles. The van der Waals surface area contributed by atoms with E-state index < -0.39 is 0 Å². The fourth-order valence-electron chi connectivity index (χ4n) is 3.69. The van der Waals surface area contributed by atoms with E-state index in [1.54, 1.807) is 18.1 Å². The number of imidazole rings is 1. The topological polar surface area (TPSA) is 60.7 Å². The Labute approximate surface area is 188 Å². The molecule has 1 N–H and O–H groups in total. The highest BCUT2D eigenvalue weighted by Crippen LogP contribution is 2.30. The standard InChI is InChI=1S/C23H18ClN5OS/c1-30-21-11-10-18(29-23(31)25-14-26-29)12-16(21)13-28-20-5-3-2-4-19(20)27-22(28)15-6-8-17(24)9-7-15/h2-12,14H,13H2,1H3,(H,25,26,31). The molecule has 0 spiro atoms. The molecule has 5 rings (SSSR count). The molecule has 3 aromatic carbocycles. The highest BCUT2D eigenvalue weighted by molar-refractivity contribution is 7.71. The van der Waals surface area contributed by atoms with Gasteiger partial charge in [0.15, 0.2) is 0 Å². The lowest BCUT2D eigenvalue weighted by Gasteiger charge is -2.14. The molecule has 6 nitrogen and oxygen atoms in total. The molecule has 0 fully saturated rings. The lowest BCUT2D eigenvalue weighted by atomic mass is 10.1. The number of ether oxygens (including phenoxy) is 1. The number of benzene rings is 3. The summed E-state index contributed by atoms with van der Waals surface area (Å²) in [6, 6.07) is 21.8. The first-order chi connectivity index (χ1) is 15.1. The van der Waals surface area contributed by atoms with E-state index in [4.69, 9.17) is 33.5 Å². The number of hydrogen-bond acceptors (Lipinski definition) is 4. The maximum Gasteiger partial charge on any atom is 0.220 e. The van der Waals surface area contributed by atoms with Gasteiger partial charge in [-0.1, -0.05) is 23.7 Å². The number of nitrogens with zero attached hydrogens (tertiary/aromatic N) is 4. The molecule has 31 heavy (non-hydrogen) atoms. The van der Waals surface area contributed by atoms with E-state index in [9.17, 15) is 0 Å². The Kier molecular flexibility index (Phi) is 5.05. The Bertz CT molecular complexity index is 1430. The number of hydrogen-bond donors (Lipinski definition) is 1. The van der Waals surface area contributed by atoms with Crippen molar-refractivity contribution in [2.24, 2.45) is 0 Å². The molecule has 0 aliphatic carbocycles. The smallest absolute Gasteiger partial charge is 0.220 e. The summed E-state index contributed by atoms with van der Waals surface area (Å²) < 4.78 is 10.1. The lowest BCUT2D eigenvalue weighted by Crippen LogP contribution is -2.06. The first-order valence-electron chi connectivity index (χ1n) is 9.65. The van der Waals surface area contributed by atoms with Gasteiger partial charge < -0.3 is 9.30 Å². The summed E-state index contributed by atoms with van der Waals surface area (Å²) in [5.74, 6) is 1.65. The van der Waals surface area contributed by atoms with Crippen LogP contribution in [0.3, 0.4) is 0 Å². The zero-order valence-electron chi connectivity index (χ0n) is 16.6. The summed E-state index contributed by atoms with van der Waals surface area (Å²) in [6.45, 7) is 0.566. The lowest BCUT2D eigenvalue weighted by molar-refractivity contribution is 0.408. The van der Waals surface area contributed by atoms with Crippen LogP contribution in [0, 0.1) is 4.77 Å². The maximum absolute atomic E-state index is 6.10. The highest BCUT2D eigenvalue weighted by Gasteiger charge is 2.15. The van der Waals surface area contributed by atoms with E-state index in [2.05, 4.69) is 20.7 Å². The normalized spacial score (nSPS) is 11.2. The second-order valence-electron chi connectivity index (χ2n) is 7.02.